The predicted octanol–water partition coefficient (Wildman–Crippen LogP) is 0.773. The number of imide groups is 1. The van der Waals surface area contributed by atoms with E-state index in [1.54, 1.807) is 0 Å². The van der Waals surface area contributed by atoms with E-state index in [9.17, 15) is 14.4 Å². The van der Waals surface area contributed by atoms with Crippen molar-refractivity contribution in [1.82, 2.24) is 5.32 Å². The molecule has 1 aliphatic carbocycles. The Kier molecular flexibility index (Phi) is 3.17. The molecule has 2 amide bonds. The van der Waals surface area contributed by atoms with Crippen LogP contribution in [-0.2, 0) is 19.1 Å². The highest BCUT2D eigenvalue weighted by molar-refractivity contribution is 6.07. The highest BCUT2D eigenvalue weighted by Gasteiger charge is 2.55. The van der Waals surface area contributed by atoms with Gasteiger partial charge in [0.05, 0.1) is 18.4 Å². The van der Waals surface area contributed by atoms with Crippen LogP contribution in [0.3, 0.4) is 0 Å². The maximum atomic E-state index is 11.9. The summed E-state index contributed by atoms with van der Waals surface area (Å²) in [5.41, 5.74) is -0.537. The lowest BCUT2D eigenvalue weighted by Gasteiger charge is -2.25. The smallest absolute Gasteiger partial charge is 0.305 e. The fraction of sp³-hybridized carbons (Fsp3) is 0.750. The fourth-order valence-electron chi connectivity index (χ4n) is 3.09. The Morgan fingerprint density at radius 1 is 1.41 bits per heavy atom. The molecule has 1 heterocycles. The Morgan fingerprint density at radius 3 is 2.65 bits per heavy atom. The molecule has 1 saturated heterocycles. The number of ether oxygens (including phenoxy) is 1. The number of amides is 2. The Balaban J connectivity index is 2.10. The second-order valence-electron chi connectivity index (χ2n) is 4.85. The molecule has 2 rings (SSSR count). The van der Waals surface area contributed by atoms with Crippen molar-refractivity contribution in [2.45, 2.75) is 38.5 Å². The minimum Gasteiger partial charge on any atom is -0.469 e. The Hall–Kier alpha value is -1.39. The minimum absolute atomic E-state index is 0.144. The second kappa shape index (κ2) is 4.47. The predicted molar refractivity (Wildman–Crippen MR) is 58.8 cm³/mol. The summed E-state index contributed by atoms with van der Waals surface area (Å²) in [5.74, 6) is -1.04. The van der Waals surface area contributed by atoms with Gasteiger partial charge in [-0.05, 0) is 19.3 Å². The summed E-state index contributed by atoms with van der Waals surface area (Å²) in [5, 5.41) is 2.41. The maximum Gasteiger partial charge on any atom is 0.305 e. The third-order valence-electron chi connectivity index (χ3n) is 4.03. The van der Waals surface area contributed by atoms with Crippen LogP contribution in [-0.4, -0.2) is 24.9 Å². The van der Waals surface area contributed by atoms with Gasteiger partial charge in [-0.1, -0.05) is 12.8 Å². The zero-order chi connectivity index (χ0) is 12.5. The quantitative estimate of drug-likeness (QED) is 0.583. The standard InChI is InChI=1S/C12H17NO4/c1-17-9(14)5-4-8-10(15)13-11(16)12(8)6-2-3-7-12/h8H,2-7H2,1H3,(H,13,15,16)/t8-/m0/s1. The van der Waals surface area contributed by atoms with Crippen molar-refractivity contribution in [2.24, 2.45) is 11.3 Å². The first kappa shape index (κ1) is 12.1. The summed E-state index contributed by atoms with van der Waals surface area (Å²) in [6.45, 7) is 0. The van der Waals surface area contributed by atoms with Gasteiger partial charge in [-0.25, -0.2) is 0 Å². The van der Waals surface area contributed by atoms with Gasteiger partial charge in [-0.2, -0.15) is 0 Å². The van der Waals surface area contributed by atoms with Crippen LogP contribution in [0.4, 0.5) is 0 Å². The summed E-state index contributed by atoms with van der Waals surface area (Å²) in [6, 6.07) is 0. The van der Waals surface area contributed by atoms with Gasteiger partial charge < -0.3 is 4.74 Å². The van der Waals surface area contributed by atoms with Crippen LogP contribution in [0.5, 0.6) is 0 Å². The molecule has 0 aromatic rings. The summed E-state index contributed by atoms with van der Waals surface area (Å²) in [4.78, 5) is 34.8. The first-order chi connectivity index (χ1) is 8.10. The van der Waals surface area contributed by atoms with Crippen molar-refractivity contribution in [3.8, 4) is 0 Å². The van der Waals surface area contributed by atoms with Crippen LogP contribution in [0.25, 0.3) is 0 Å². The van der Waals surface area contributed by atoms with E-state index in [2.05, 4.69) is 10.1 Å². The summed E-state index contributed by atoms with van der Waals surface area (Å²) in [6.07, 6.45) is 4.09. The van der Waals surface area contributed by atoms with Crippen molar-refractivity contribution >= 4 is 17.8 Å². The average molecular weight is 239 g/mol. The number of carbonyl (C=O) groups is 3. The average Bonchev–Trinajstić information content (AvgIpc) is 2.86. The topological polar surface area (TPSA) is 72.5 Å². The first-order valence-electron chi connectivity index (χ1n) is 6.02. The van der Waals surface area contributed by atoms with Gasteiger partial charge in [-0.3, -0.25) is 19.7 Å². The number of esters is 1. The van der Waals surface area contributed by atoms with Crippen molar-refractivity contribution in [1.29, 1.82) is 0 Å². The molecule has 2 fully saturated rings. The van der Waals surface area contributed by atoms with Crippen molar-refractivity contribution in [3.05, 3.63) is 0 Å². The van der Waals surface area contributed by atoms with Crippen molar-refractivity contribution in [2.75, 3.05) is 7.11 Å². The summed E-state index contributed by atoms with van der Waals surface area (Å²) >= 11 is 0. The Bertz CT molecular complexity index is 358. The molecule has 1 saturated carbocycles. The molecular formula is C12H17NO4. The normalized spacial score (nSPS) is 26.3. The molecule has 0 radical (unpaired) electrons. The van der Waals surface area contributed by atoms with E-state index < -0.39 is 5.41 Å². The maximum absolute atomic E-state index is 11.9. The molecule has 0 unspecified atom stereocenters. The number of hydrogen-bond acceptors (Lipinski definition) is 4. The molecule has 0 aromatic heterocycles. The third-order valence-corrected chi connectivity index (χ3v) is 4.03. The number of nitrogens with one attached hydrogen (secondary N) is 1. The van der Waals surface area contributed by atoms with E-state index in [0.717, 1.165) is 25.7 Å². The zero-order valence-corrected chi connectivity index (χ0v) is 9.95. The molecule has 5 heteroatoms. The van der Waals surface area contributed by atoms with E-state index in [4.69, 9.17) is 0 Å². The van der Waals surface area contributed by atoms with Crippen molar-refractivity contribution < 1.29 is 19.1 Å². The largest absolute Gasteiger partial charge is 0.469 e. The van der Waals surface area contributed by atoms with Gasteiger partial charge >= 0.3 is 5.97 Å². The van der Waals surface area contributed by atoms with E-state index >= 15 is 0 Å². The number of carbonyl (C=O) groups excluding carboxylic acids is 3. The highest BCUT2D eigenvalue weighted by Crippen LogP contribution is 2.49. The lowest BCUT2D eigenvalue weighted by Crippen LogP contribution is -2.32. The van der Waals surface area contributed by atoms with Gasteiger partial charge in [0.15, 0.2) is 0 Å². The zero-order valence-electron chi connectivity index (χ0n) is 9.95. The molecule has 1 atom stereocenters. The summed E-state index contributed by atoms with van der Waals surface area (Å²) in [7, 11) is 1.33. The molecule has 5 nitrogen and oxygen atoms in total. The SMILES string of the molecule is COC(=O)CC[C@H]1C(=O)NC(=O)C12CCCC2. The molecule has 17 heavy (non-hydrogen) atoms. The highest BCUT2D eigenvalue weighted by atomic mass is 16.5. The number of hydrogen-bond donors (Lipinski definition) is 1. The van der Waals surface area contributed by atoms with Crippen molar-refractivity contribution in [3.63, 3.8) is 0 Å². The van der Waals surface area contributed by atoms with Crippen LogP contribution in [0.2, 0.25) is 0 Å². The minimum atomic E-state index is -0.537. The Labute approximate surface area is 99.9 Å². The molecule has 0 bridgehead atoms. The summed E-state index contributed by atoms with van der Waals surface area (Å²) < 4.78 is 4.57. The van der Waals surface area contributed by atoms with Crippen LogP contribution >= 0.6 is 0 Å². The van der Waals surface area contributed by atoms with Crippen LogP contribution in [0.1, 0.15) is 38.5 Å². The molecular weight excluding hydrogens is 222 g/mol. The van der Waals surface area contributed by atoms with E-state index in [1.807, 2.05) is 0 Å². The molecule has 1 N–H and O–H groups in total. The van der Waals surface area contributed by atoms with Gasteiger partial charge in [0.1, 0.15) is 0 Å². The van der Waals surface area contributed by atoms with Gasteiger partial charge in [0, 0.05) is 6.42 Å². The van der Waals surface area contributed by atoms with Gasteiger partial charge in [0.2, 0.25) is 11.8 Å². The molecule has 1 spiro atoms. The third kappa shape index (κ3) is 1.94. The van der Waals surface area contributed by atoms with E-state index in [0.29, 0.717) is 6.42 Å². The number of rotatable bonds is 3. The van der Waals surface area contributed by atoms with Crippen LogP contribution < -0.4 is 5.32 Å². The molecule has 0 aromatic carbocycles. The second-order valence-corrected chi connectivity index (χ2v) is 4.85. The van der Waals surface area contributed by atoms with E-state index in [-0.39, 0.29) is 30.1 Å². The molecule has 94 valence electrons. The van der Waals surface area contributed by atoms with E-state index in [1.165, 1.54) is 7.11 Å². The van der Waals surface area contributed by atoms with Gasteiger partial charge in [0.25, 0.3) is 0 Å². The number of methoxy groups -OCH3 is 1. The molecule has 1 aliphatic heterocycles. The lowest BCUT2D eigenvalue weighted by atomic mass is 9.73. The Morgan fingerprint density at radius 2 is 2.06 bits per heavy atom. The van der Waals surface area contributed by atoms with Crippen LogP contribution in [0, 0.1) is 11.3 Å². The van der Waals surface area contributed by atoms with Crippen LogP contribution in [0.15, 0.2) is 0 Å². The fourth-order valence-corrected chi connectivity index (χ4v) is 3.09. The monoisotopic (exact) mass is 239 g/mol. The first-order valence-corrected chi connectivity index (χ1v) is 6.02. The van der Waals surface area contributed by atoms with Gasteiger partial charge in [-0.15, -0.1) is 0 Å². The molecule has 2 aliphatic rings. The lowest BCUT2D eigenvalue weighted by molar-refractivity contribution is -0.141.